The van der Waals surface area contributed by atoms with Crippen molar-refractivity contribution in [1.29, 1.82) is 0 Å². The van der Waals surface area contributed by atoms with Gasteiger partial charge in [0.2, 0.25) is 5.91 Å². The molecule has 0 radical (unpaired) electrons. The molecule has 0 aliphatic carbocycles. The number of benzene rings is 2. The Morgan fingerprint density at radius 1 is 1.05 bits per heavy atom. The number of para-hydroxylation sites is 1. The van der Waals surface area contributed by atoms with Gasteiger partial charge in [-0.2, -0.15) is 0 Å². The van der Waals surface area contributed by atoms with E-state index in [1.807, 2.05) is 12.1 Å². The van der Waals surface area contributed by atoms with Crippen LogP contribution in [0.2, 0.25) is 0 Å². The minimum atomic E-state index is -3.80. The molecule has 2 aromatic carbocycles. The van der Waals surface area contributed by atoms with Gasteiger partial charge in [0.15, 0.2) is 0 Å². The molecule has 0 spiro atoms. The number of amides is 1. The van der Waals surface area contributed by atoms with Crippen molar-refractivity contribution in [3.05, 3.63) is 59.7 Å². The lowest BCUT2D eigenvalue weighted by molar-refractivity contribution is 0.0997. The van der Waals surface area contributed by atoms with Gasteiger partial charge in [0.25, 0.3) is 10.0 Å². The first-order chi connectivity index (χ1) is 10.0. The Hall–Kier alpha value is -2.34. The van der Waals surface area contributed by atoms with E-state index in [-0.39, 0.29) is 10.5 Å². The van der Waals surface area contributed by atoms with Crippen LogP contribution in [0.3, 0.4) is 0 Å². The number of anilines is 1. The molecule has 108 valence electrons. The van der Waals surface area contributed by atoms with E-state index >= 15 is 0 Å². The summed E-state index contributed by atoms with van der Waals surface area (Å²) < 4.78 is 27.0. The number of hydrogen-bond donors (Lipinski definition) is 1. The topological polar surface area (TPSA) is 80.5 Å². The Morgan fingerprint density at radius 3 is 2.48 bits per heavy atom. The summed E-state index contributed by atoms with van der Waals surface area (Å²) in [5.41, 5.74) is 6.95. The molecule has 3 rings (SSSR count). The van der Waals surface area contributed by atoms with Gasteiger partial charge in [0.1, 0.15) is 4.90 Å². The fourth-order valence-electron chi connectivity index (χ4n) is 2.57. The highest BCUT2D eigenvalue weighted by atomic mass is 32.2. The summed E-state index contributed by atoms with van der Waals surface area (Å²) in [6.07, 6.45) is 0.661. The second-order valence-electron chi connectivity index (χ2n) is 4.82. The van der Waals surface area contributed by atoms with Gasteiger partial charge in [-0.15, -0.1) is 0 Å². The molecule has 6 heteroatoms. The molecule has 1 aliphatic heterocycles. The smallest absolute Gasteiger partial charge is 0.265 e. The summed E-state index contributed by atoms with van der Waals surface area (Å²) in [6.45, 7) is 0.370. The highest BCUT2D eigenvalue weighted by Gasteiger charge is 2.32. The summed E-state index contributed by atoms with van der Waals surface area (Å²) in [4.78, 5) is 11.4. The van der Waals surface area contributed by atoms with Gasteiger partial charge in [-0.25, -0.2) is 8.42 Å². The lowest BCUT2D eigenvalue weighted by Crippen LogP contribution is -2.31. The molecule has 0 aromatic heterocycles. The summed E-state index contributed by atoms with van der Waals surface area (Å²) in [5, 5.41) is 0. The first kappa shape index (κ1) is 13.6. The predicted octanol–water partition coefficient (Wildman–Crippen LogP) is 1.54. The van der Waals surface area contributed by atoms with E-state index in [1.54, 1.807) is 24.3 Å². The van der Waals surface area contributed by atoms with Crippen LogP contribution in [0.25, 0.3) is 0 Å². The second kappa shape index (κ2) is 4.89. The maximum absolute atomic E-state index is 12.8. The molecule has 0 saturated heterocycles. The van der Waals surface area contributed by atoms with Crippen molar-refractivity contribution < 1.29 is 13.2 Å². The van der Waals surface area contributed by atoms with Crippen LogP contribution in [0.5, 0.6) is 0 Å². The summed E-state index contributed by atoms with van der Waals surface area (Å²) >= 11 is 0. The van der Waals surface area contributed by atoms with Gasteiger partial charge < -0.3 is 5.73 Å². The molecule has 1 amide bonds. The fourth-order valence-corrected chi connectivity index (χ4v) is 4.27. The van der Waals surface area contributed by atoms with Gasteiger partial charge in [0.05, 0.1) is 11.3 Å². The molecule has 0 bridgehead atoms. The average molecular weight is 302 g/mol. The second-order valence-corrected chi connectivity index (χ2v) is 6.65. The summed E-state index contributed by atoms with van der Waals surface area (Å²) in [7, 11) is -3.80. The number of rotatable bonds is 3. The van der Waals surface area contributed by atoms with Crippen LogP contribution in [0.4, 0.5) is 5.69 Å². The number of primary amides is 1. The molecule has 0 unspecified atom stereocenters. The molecule has 21 heavy (non-hydrogen) atoms. The standard InChI is InChI=1S/C15H14N2O3S/c16-15(18)12-6-2-4-8-14(12)21(19,20)17-10-9-11-5-1-3-7-13(11)17/h1-8H,9-10H2,(H2,16,18). The van der Waals surface area contributed by atoms with Gasteiger partial charge in [0, 0.05) is 6.54 Å². The van der Waals surface area contributed by atoms with Crippen molar-refractivity contribution in [2.75, 3.05) is 10.8 Å². The zero-order chi connectivity index (χ0) is 15.0. The number of nitrogens with two attached hydrogens (primary N) is 1. The van der Waals surface area contributed by atoms with Crippen molar-refractivity contribution >= 4 is 21.6 Å². The molecule has 1 aliphatic rings. The lowest BCUT2D eigenvalue weighted by atomic mass is 10.2. The average Bonchev–Trinajstić information content (AvgIpc) is 2.92. The van der Waals surface area contributed by atoms with Gasteiger partial charge in [-0.1, -0.05) is 30.3 Å². The van der Waals surface area contributed by atoms with Gasteiger partial charge >= 0.3 is 0 Å². The Kier molecular flexibility index (Phi) is 3.17. The zero-order valence-corrected chi connectivity index (χ0v) is 12.0. The van der Waals surface area contributed by atoms with E-state index < -0.39 is 15.9 Å². The zero-order valence-electron chi connectivity index (χ0n) is 11.2. The maximum Gasteiger partial charge on any atom is 0.265 e. The van der Waals surface area contributed by atoms with Crippen LogP contribution in [0.15, 0.2) is 53.4 Å². The van der Waals surface area contributed by atoms with Crippen molar-refractivity contribution in [3.8, 4) is 0 Å². The molecule has 2 aromatic rings. The molecular formula is C15H14N2O3S. The van der Waals surface area contributed by atoms with E-state index in [1.165, 1.54) is 16.4 Å². The predicted molar refractivity (Wildman–Crippen MR) is 79.6 cm³/mol. The number of carbonyl (C=O) groups excluding carboxylic acids is 1. The lowest BCUT2D eigenvalue weighted by Gasteiger charge is -2.20. The first-order valence-corrected chi connectivity index (χ1v) is 7.95. The van der Waals surface area contributed by atoms with Crippen molar-refractivity contribution in [1.82, 2.24) is 0 Å². The third-order valence-electron chi connectivity index (χ3n) is 3.57. The molecule has 0 fully saturated rings. The van der Waals surface area contributed by atoms with E-state index in [4.69, 9.17) is 5.73 Å². The molecule has 5 nitrogen and oxygen atoms in total. The third kappa shape index (κ3) is 2.17. The van der Waals surface area contributed by atoms with Crippen LogP contribution < -0.4 is 10.0 Å². The van der Waals surface area contributed by atoms with E-state index in [0.717, 1.165) is 5.56 Å². The van der Waals surface area contributed by atoms with Crippen LogP contribution in [0.1, 0.15) is 15.9 Å². The van der Waals surface area contributed by atoms with Crippen LogP contribution in [-0.4, -0.2) is 20.9 Å². The van der Waals surface area contributed by atoms with Crippen molar-refractivity contribution in [2.24, 2.45) is 5.73 Å². The van der Waals surface area contributed by atoms with Crippen LogP contribution in [0, 0.1) is 0 Å². The van der Waals surface area contributed by atoms with Crippen LogP contribution in [-0.2, 0) is 16.4 Å². The quantitative estimate of drug-likeness (QED) is 0.933. The molecule has 2 N–H and O–H groups in total. The van der Waals surface area contributed by atoms with Crippen LogP contribution >= 0.6 is 0 Å². The number of carbonyl (C=O) groups is 1. The van der Waals surface area contributed by atoms with Crippen molar-refractivity contribution in [3.63, 3.8) is 0 Å². The van der Waals surface area contributed by atoms with E-state index in [9.17, 15) is 13.2 Å². The monoisotopic (exact) mass is 302 g/mol. The number of fused-ring (bicyclic) bond motifs is 1. The number of hydrogen-bond acceptors (Lipinski definition) is 3. The largest absolute Gasteiger partial charge is 0.366 e. The SMILES string of the molecule is NC(=O)c1ccccc1S(=O)(=O)N1CCc2ccccc21. The number of sulfonamides is 1. The van der Waals surface area contributed by atoms with E-state index in [0.29, 0.717) is 18.7 Å². The molecule has 0 saturated carbocycles. The van der Waals surface area contributed by atoms with E-state index in [2.05, 4.69) is 0 Å². The Bertz CT molecular complexity index is 815. The highest BCUT2D eigenvalue weighted by Crippen LogP contribution is 2.33. The minimum Gasteiger partial charge on any atom is -0.366 e. The Balaban J connectivity index is 2.14. The Labute approximate surface area is 123 Å². The van der Waals surface area contributed by atoms with Gasteiger partial charge in [-0.05, 0) is 30.2 Å². The fraction of sp³-hybridized carbons (Fsp3) is 0.133. The van der Waals surface area contributed by atoms with Crippen molar-refractivity contribution in [2.45, 2.75) is 11.3 Å². The normalized spacial score (nSPS) is 14.0. The summed E-state index contributed by atoms with van der Waals surface area (Å²) in [6, 6.07) is 13.4. The molecule has 1 heterocycles. The summed E-state index contributed by atoms with van der Waals surface area (Å²) in [5.74, 6) is -0.748. The van der Waals surface area contributed by atoms with Gasteiger partial charge in [-0.3, -0.25) is 9.10 Å². The highest BCUT2D eigenvalue weighted by molar-refractivity contribution is 7.93. The third-order valence-corrected chi connectivity index (χ3v) is 5.44. The Morgan fingerprint density at radius 2 is 1.71 bits per heavy atom. The maximum atomic E-state index is 12.8. The number of nitrogens with zero attached hydrogens (tertiary/aromatic N) is 1. The first-order valence-electron chi connectivity index (χ1n) is 6.51. The molecule has 0 atom stereocenters. The minimum absolute atomic E-state index is 0.0156. The molecular weight excluding hydrogens is 288 g/mol.